The summed E-state index contributed by atoms with van der Waals surface area (Å²) in [6, 6.07) is 5.49. The Bertz CT molecular complexity index is 590. The van der Waals surface area contributed by atoms with Gasteiger partial charge in [-0.2, -0.15) is 5.10 Å². The Kier molecular flexibility index (Phi) is 3.94. The van der Waals surface area contributed by atoms with Crippen LogP contribution in [-0.2, 0) is 18.2 Å². The van der Waals surface area contributed by atoms with Crippen molar-refractivity contribution in [2.75, 3.05) is 6.61 Å². The molecule has 5 heteroatoms. The number of aryl methyl sites for hydroxylation is 2. The fraction of sp³-hybridized carbons (Fsp3) is 0.357. The van der Waals surface area contributed by atoms with Gasteiger partial charge in [-0.25, -0.2) is 4.79 Å². The molecule has 0 unspecified atom stereocenters. The van der Waals surface area contributed by atoms with Gasteiger partial charge in [-0.15, -0.1) is 0 Å². The van der Waals surface area contributed by atoms with Crippen LogP contribution in [0.15, 0.2) is 24.4 Å². The van der Waals surface area contributed by atoms with E-state index in [1.165, 1.54) is 0 Å². The number of aromatic nitrogens is 3. The van der Waals surface area contributed by atoms with Crippen molar-refractivity contribution in [2.45, 2.75) is 20.3 Å². The van der Waals surface area contributed by atoms with E-state index >= 15 is 0 Å². The van der Waals surface area contributed by atoms with Crippen LogP contribution in [0.2, 0.25) is 0 Å². The average Bonchev–Trinajstić information content (AvgIpc) is 2.84. The largest absolute Gasteiger partial charge is 0.462 e. The first-order valence-corrected chi connectivity index (χ1v) is 6.32. The maximum atomic E-state index is 11.8. The van der Waals surface area contributed by atoms with Gasteiger partial charge in [0.15, 0.2) is 0 Å². The molecule has 100 valence electrons. The maximum absolute atomic E-state index is 11.8. The molecule has 19 heavy (non-hydrogen) atoms. The van der Waals surface area contributed by atoms with Gasteiger partial charge in [-0.3, -0.25) is 9.67 Å². The normalized spacial score (nSPS) is 10.5. The first kappa shape index (κ1) is 13.3. The predicted octanol–water partition coefficient (Wildman–Crippen LogP) is 2.22. The number of carbonyl (C=O) groups excluding carboxylic acids is 1. The van der Waals surface area contributed by atoms with Crippen molar-refractivity contribution in [3.63, 3.8) is 0 Å². The van der Waals surface area contributed by atoms with E-state index in [4.69, 9.17) is 4.74 Å². The summed E-state index contributed by atoms with van der Waals surface area (Å²) < 4.78 is 6.78. The lowest BCUT2D eigenvalue weighted by molar-refractivity contribution is 0.0524. The molecule has 0 amide bonds. The molecule has 0 bridgehead atoms. The summed E-state index contributed by atoms with van der Waals surface area (Å²) in [5.41, 5.74) is 3.02. The Labute approximate surface area is 112 Å². The minimum absolute atomic E-state index is 0.316. The lowest BCUT2D eigenvalue weighted by Crippen LogP contribution is -2.10. The van der Waals surface area contributed by atoms with Gasteiger partial charge in [0, 0.05) is 13.2 Å². The number of pyridine rings is 1. The number of ether oxygens (including phenoxy) is 1. The standard InChI is InChI=1S/C14H17N3O2/c1-4-11-10(14(18)19-5-2)6-7-12(16-11)13-8-9-15-17(13)3/h6-9H,4-5H2,1-3H3. The van der Waals surface area contributed by atoms with Crippen LogP contribution in [0.3, 0.4) is 0 Å². The summed E-state index contributed by atoms with van der Waals surface area (Å²) in [4.78, 5) is 16.3. The Morgan fingerprint density at radius 2 is 2.11 bits per heavy atom. The second kappa shape index (κ2) is 5.65. The van der Waals surface area contributed by atoms with Gasteiger partial charge in [-0.05, 0) is 31.5 Å². The van der Waals surface area contributed by atoms with E-state index in [2.05, 4.69) is 10.1 Å². The van der Waals surface area contributed by atoms with Gasteiger partial charge in [-0.1, -0.05) is 6.92 Å². The van der Waals surface area contributed by atoms with Crippen molar-refractivity contribution in [1.82, 2.24) is 14.8 Å². The molecule has 0 fully saturated rings. The molecule has 0 aliphatic carbocycles. The summed E-state index contributed by atoms with van der Waals surface area (Å²) >= 11 is 0. The van der Waals surface area contributed by atoms with E-state index in [0.29, 0.717) is 18.6 Å². The molecule has 0 N–H and O–H groups in total. The SMILES string of the molecule is CCOC(=O)c1ccc(-c2ccnn2C)nc1CC. The summed E-state index contributed by atoms with van der Waals surface area (Å²) in [6.45, 7) is 4.13. The van der Waals surface area contributed by atoms with Crippen molar-refractivity contribution in [3.8, 4) is 11.4 Å². The van der Waals surface area contributed by atoms with Crippen LogP contribution in [-0.4, -0.2) is 27.3 Å². The van der Waals surface area contributed by atoms with Gasteiger partial charge in [0.2, 0.25) is 0 Å². The predicted molar refractivity (Wildman–Crippen MR) is 71.8 cm³/mol. The minimum atomic E-state index is -0.316. The number of nitrogens with zero attached hydrogens (tertiary/aromatic N) is 3. The van der Waals surface area contributed by atoms with Gasteiger partial charge in [0.1, 0.15) is 0 Å². The zero-order valence-electron chi connectivity index (χ0n) is 11.4. The third kappa shape index (κ3) is 2.65. The monoisotopic (exact) mass is 259 g/mol. The molecule has 0 saturated heterocycles. The summed E-state index contributed by atoms with van der Waals surface area (Å²) in [6.07, 6.45) is 2.40. The molecule has 0 radical (unpaired) electrons. The van der Waals surface area contributed by atoms with Crippen LogP contribution in [0.4, 0.5) is 0 Å². The minimum Gasteiger partial charge on any atom is -0.462 e. The number of rotatable bonds is 4. The number of carbonyl (C=O) groups is 1. The van der Waals surface area contributed by atoms with Crippen molar-refractivity contribution in [1.29, 1.82) is 0 Å². The van der Waals surface area contributed by atoms with E-state index < -0.39 is 0 Å². The highest BCUT2D eigenvalue weighted by Crippen LogP contribution is 2.19. The molecule has 0 saturated carbocycles. The second-order valence-corrected chi connectivity index (χ2v) is 4.10. The Morgan fingerprint density at radius 1 is 1.32 bits per heavy atom. The fourth-order valence-corrected chi connectivity index (χ4v) is 1.93. The van der Waals surface area contributed by atoms with E-state index in [1.54, 1.807) is 23.9 Å². The van der Waals surface area contributed by atoms with E-state index in [0.717, 1.165) is 17.1 Å². The quantitative estimate of drug-likeness (QED) is 0.790. The highest BCUT2D eigenvalue weighted by Gasteiger charge is 2.14. The third-order valence-electron chi connectivity index (χ3n) is 2.89. The fourth-order valence-electron chi connectivity index (χ4n) is 1.93. The van der Waals surface area contributed by atoms with Gasteiger partial charge in [0.25, 0.3) is 0 Å². The number of esters is 1. The average molecular weight is 259 g/mol. The first-order valence-electron chi connectivity index (χ1n) is 6.32. The molecular formula is C14H17N3O2. The lowest BCUT2D eigenvalue weighted by Gasteiger charge is -2.09. The van der Waals surface area contributed by atoms with E-state index in [1.807, 2.05) is 26.1 Å². The van der Waals surface area contributed by atoms with E-state index in [-0.39, 0.29) is 5.97 Å². The highest BCUT2D eigenvalue weighted by atomic mass is 16.5. The zero-order valence-corrected chi connectivity index (χ0v) is 11.4. The third-order valence-corrected chi connectivity index (χ3v) is 2.89. The van der Waals surface area contributed by atoms with Crippen LogP contribution in [0.25, 0.3) is 11.4 Å². The Morgan fingerprint density at radius 3 is 2.68 bits per heavy atom. The molecule has 0 atom stereocenters. The van der Waals surface area contributed by atoms with Crippen LogP contribution < -0.4 is 0 Å². The second-order valence-electron chi connectivity index (χ2n) is 4.10. The van der Waals surface area contributed by atoms with Crippen LogP contribution in [0, 0.1) is 0 Å². The van der Waals surface area contributed by atoms with Crippen molar-refractivity contribution >= 4 is 5.97 Å². The van der Waals surface area contributed by atoms with Gasteiger partial charge in [0.05, 0.1) is 29.3 Å². The first-order chi connectivity index (χ1) is 9.17. The van der Waals surface area contributed by atoms with Gasteiger partial charge >= 0.3 is 5.97 Å². The topological polar surface area (TPSA) is 57.0 Å². The maximum Gasteiger partial charge on any atom is 0.339 e. The molecule has 0 spiro atoms. The van der Waals surface area contributed by atoms with Gasteiger partial charge < -0.3 is 4.74 Å². The van der Waals surface area contributed by atoms with E-state index in [9.17, 15) is 4.79 Å². The molecule has 5 nitrogen and oxygen atoms in total. The van der Waals surface area contributed by atoms with Crippen LogP contribution in [0.5, 0.6) is 0 Å². The molecule has 0 aliphatic heterocycles. The molecule has 2 heterocycles. The van der Waals surface area contributed by atoms with Crippen LogP contribution in [0.1, 0.15) is 29.9 Å². The highest BCUT2D eigenvalue weighted by molar-refractivity contribution is 5.91. The smallest absolute Gasteiger partial charge is 0.339 e. The number of hydrogen-bond donors (Lipinski definition) is 0. The van der Waals surface area contributed by atoms with Crippen LogP contribution >= 0.6 is 0 Å². The molecule has 2 rings (SSSR count). The Balaban J connectivity index is 2.42. The zero-order chi connectivity index (χ0) is 13.8. The summed E-state index contributed by atoms with van der Waals surface area (Å²) in [5, 5.41) is 4.12. The summed E-state index contributed by atoms with van der Waals surface area (Å²) in [7, 11) is 1.86. The van der Waals surface area contributed by atoms with Crippen molar-refractivity contribution in [3.05, 3.63) is 35.7 Å². The molecule has 0 aliphatic rings. The van der Waals surface area contributed by atoms with Crippen molar-refractivity contribution in [2.24, 2.45) is 7.05 Å². The summed E-state index contributed by atoms with van der Waals surface area (Å²) in [5.74, 6) is -0.316. The molecule has 2 aromatic rings. The molecular weight excluding hydrogens is 242 g/mol. The molecule has 2 aromatic heterocycles. The number of hydrogen-bond acceptors (Lipinski definition) is 4. The molecule has 0 aromatic carbocycles. The Hall–Kier alpha value is -2.17. The van der Waals surface area contributed by atoms with Crippen molar-refractivity contribution < 1.29 is 9.53 Å². The lowest BCUT2D eigenvalue weighted by atomic mass is 10.1.